The molecule has 106 valence electrons. The number of carbonyl (C=O) groups is 1. The van der Waals surface area contributed by atoms with Crippen LogP contribution in [0.3, 0.4) is 0 Å². The van der Waals surface area contributed by atoms with Crippen LogP contribution in [-0.4, -0.2) is 63.6 Å². The molecule has 5 unspecified atom stereocenters. The zero-order valence-electron chi connectivity index (χ0n) is 10.5. The molecule has 1 heterocycles. The van der Waals surface area contributed by atoms with Gasteiger partial charge in [0.25, 0.3) is 0 Å². The fraction of sp³-hybridized carbons (Fsp3) is 0.909. The van der Waals surface area contributed by atoms with E-state index in [1.165, 1.54) is 0 Å². The zero-order chi connectivity index (χ0) is 13.9. The molecule has 0 radical (unpaired) electrons. The van der Waals surface area contributed by atoms with Crippen LogP contribution in [-0.2, 0) is 9.53 Å². The molecule has 7 heteroatoms. The van der Waals surface area contributed by atoms with Gasteiger partial charge in [0, 0.05) is 6.42 Å². The van der Waals surface area contributed by atoms with Crippen LogP contribution < -0.4 is 5.32 Å². The van der Waals surface area contributed by atoms with Gasteiger partial charge in [-0.05, 0) is 5.92 Å². The number of ether oxygens (including phenoxy) is 1. The maximum atomic E-state index is 11.6. The third-order valence-corrected chi connectivity index (χ3v) is 2.82. The molecule has 0 aromatic carbocycles. The summed E-state index contributed by atoms with van der Waals surface area (Å²) in [4.78, 5) is 11.6. The second-order valence-corrected chi connectivity index (χ2v) is 4.92. The summed E-state index contributed by atoms with van der Waals surface area (Å²) in [6.07, 6.45) is -5.02. The zero-order valence-corrected chi connectivity index (χ0v) is 10.5. The Bertz CT molecular complexity index is 285. The van der Waals surface area contributed by atoms with Gasteiger partial charge in [-0.15, -0.1) is 0 Å². The average Bonchev–Trinajstić information content (AvgIpc) is 2.28. The Kier molecular flexibility index (Phi) is 5.48. The first-order chi connectivity index (χ1) is 8.36. The van der Waals surface area contributed by atoms with Gasteiger partial charge in [-0.25, -0.2) is 0 Å². The fourth-order valence-corrected chi connectivity index (χ4v) is 1.87. The maximum absolute atomic E-state index is 11.6. The van der Waals surface area contributed by atoms with Crippen molar-refractivity contribution in [3.63, 3.8) is 0 Å². The Morgan fingerprint density at radius 3 is 2.39 bits per heavy atom. The van der Waals surface area contributed by atoms with Crippen LogP contribution in [0.25, 0.3) is 0 Å². The monoisotopic (exact) mass is 263 g/mol. The minimum atomic E-state index is -1.46. The van der Waals surface area contributed by atoms with E-state index in [0.29, 0.717) is 0 Å². The molecule has 0 aromatic rings. The third-order valence-electron chi connectivity index (χ3n) is 2.82. The lowest BCUT2D eigenvalue weighted by Gasteiger charge is -2.40. The van der Waals surface area contributed by atoms with Crippen molar-refractivity contribution in [3.05, 3.63) is 0 Å². The Morgan fingerprint density at radius 1 is 1.28 bits per heavy atom. The molecule has 0 spiro atoms. The number of carbonyl (C=O) groups excluding carboxylic acids is 1. The number of hydrogen-bond donors (Lipinski definition) is 5. The van der Waals surface area contributed by atoms with Gasteiger partial charge < -0.3 is 30.5 Å². The number of rotatable bonds is 4. The second kappa shape index (κ2) is 6.44. The molecule has 1 aliphatic rings. The molecule has 5 atom stereocenters. The van der Waals surface area contributed by atoms with E-state index in [9.17, 15) is 20.1 Å². The normalized spacial score (nSPS) is 36.7. The lowest BCUT2D eigenvalue weighted by molar-refractivity contribution is -0.253. The van der Waals surface area contributed by atoms with E-state index in [0.717, 1.165) is 0 Å². The van der Waals surface area contributed by atoms with E-state index >= 15 is 0 Å². The highest BCUT2D eigenvalue weighted by molar-refractivity contribution is 5.76. The van der Waals surface area contributed by atoms with Gasteiger partial charge >= 0.3 is 0 Å². The van der Waals surface area contributed by atoms with Crippen molar-refractivity contribution >= 4 is 5.91 Å². The minimum absolute atomic E-state index is 0.138. The number of aliphatic hydroxyl groups is 4. The Labute approximate surface area is 105 Å². The molecule has 0 saturated carbocycles. The van der Waals surface area contributed by atoms with E-state index in [-0.39, 0.29) is 18.2 Å². The molecule has 0 aromatic heterocycles. The largest absolute Gasteiger partial charge is 0.394 e. The molecule has 1 amide bonds. The third kappa shape index (κ3) is 3.63. The number of aliphatic hydroxyl groups excluding tert-OH is 4. The molecule has 0 aliphatic carbocycles. The van der Waals surface area contributed by atoms with Crippen LogP contribution in [0.1, 0.15) is 20.3 Å². The number of hydrogen-bond acceptors (Lipinski definition) is 6. The number of amides is 1. The summed E-state index contributed by atoms with van der Waals surface area (Å²) >= 11 is 0. The SMILES string of the molecule is CC(C)CC(=O)NC1C(O)OC(CO)C(O)C1O. The molecular formula is C11H21NO6. The Balaban J connectivity index is 2.62. The van der Waals surface area contributed by atoms with Crippen LogP contribution in [0.4, 0.5) is 0 Å². The summed E-state index contributed by atoms with van der Waals surface area (Å²) in [5, 5.41) is 40.3. The van der Waals surface area contributed by atoms with Crippen molar-refractivity contribution in [2.75, 3.05) is 6.61 Å². The van der Waals surface area contributed by atoms with Crippen LogP contribution in [0.5, 0.6) is 0 Å². The lowest BCUT2D eigenvalue weighted by Crippen LogP contribution is -2.64. The molecule has 1 fully saturated rings. The quantitative estimate of drug-likeness (QED) is 0.398. The van der Waals surface area contributed by atoms with Crippen molar-refractivity contribution < 1.29 is 30.0 Å². The van der Waals surface area contributed by atoms with Crippen molar-refractivity contribution in [3.8, 4) is 0 Å². The van der Waals surface area contributed by atoms with Crippen molar-refractivity contribution in [2.45, 2.75) is 50.9 Å². The highest BCUT2D eigenvalue weighted by Crippen LogP contribution is 2.19. The van der Waals surface area contributed by atoms with E-state index < -0.39 is 37.3 Å². The van der Waals surface area contributed by atoms with Gasteiger partial charge in [-0.3, -0.25) is 4.79 Å². The van der Waals surface area contributed by atoms with Gasteiger partial charge in [0.15, 0.2) is 6.29 Å². The second-order valence-electron chi connectivity index (χ2n) is 4.92. The van der Waals surface area contributed by atoms with Gasteiger partial charge in [0.05, 0.1) is 6.61 Å². The highest BCUT2D eigenvalue weighted by atomic mass is 16.6. The predicted molar refractivity (Wildman–Crippen MR) is 61.4 cm³/mol. The first-order valence-corrected chi connectivity index (χ1v) is 5.96. The molecule has 5 N–H and O–H groups in total. The molecule has 1 rings (SSSR count). The smallest absolute Gasteiger partial charge is 0.220 e. The van der Waals surface area contributed by atoms with Crippen molar-refractivity contribution in [1.29, 1.82) is 0 Å². The molecule has 1 saturated heterocycles. The van der Waals surface area contributed by atoms with Gasteiger partial charge in [0.2, 0.25) is 5.91 Å². The average molecular weight is 263 g/mol. The molecular weight excluding hydrogens is 242 g/mol. The predicted octanol–water partition coefficient (Wildman–Crippen LogP) is -2.05. The van der Waals surface area contributed by atoms with E-state index in [1.807, 2.05) is 13.8 Å². The Hall–Kier alpha value is -0.730. The standard InChI is InChI=1S/C11H21NO6/c1-5(2)3-7(14)12-8-10(16)9(15)6(4-13)18-11(8)17/h5-6,8-11,13,15-17H,3-4H2,1-2H3,(H,12,14). The maximum Gasteiger partial charge on any atom is 0.220 e. The van der Waals surface area contributed by atoms with Crippen LogP contribution in [0, 0.1) is 5.92 Å². The summed E-state index contributed by atoms with van der Waals surface area (Å²) in [5.41, 5.74) is 0. The molecule has 0 bridgehead atoms. The van der Waals surface area contributed by atoms with Gasteiger partial charge in [-0.2, -0.15) is 0 Å². The number of nitrogens with one attached hydrogen (secondary N) is 1. The minimum Gasteiger partial charge on any atom is -0.394 e. The molecule has 7 nitrogen and oxygen atoms in total. The summed E-state index contributed by atoms with van der Waals surface area (Å²) in [5.74, 6) is -0.203. The summed E-state index contributed by atoms with van der Waals surface area (Å²) < 4.78 is 4.92. The molecule has 18 heavy (non-hydrogen) atoms. The van der Waals surface area contributed by atoms with Crippen LogP contribution in [0.2, 0.25) is 0 Å². The van der Waals surface area contributed by atoms with Crippen LogP contribution >= 0.6 is 0 Å². The van der Waals surface area contributed by atoms with Gasteiger partial charge in [-0.1, -0.05) is 13.8 Å². The highest BCUT2D eigenvalue weighted by Gasteiger charge is 2.44. The summed E-state index contributed by atoms with van der Waals surface area (Å²) in [6, 6.07) is -1.10. The van der Waals surface area contributed by atoms with Gasteiger partial charge in [0.1, 0.15) is 24.4 Å². The summed E-state index contributed by atoms with van der Waals surface area (Å²) in [6.45, 7) is 3.20. The van der Waals surface area contributed by atoms with E-state index in [4.69, 9.17) is 9.84 Å². The van der Waals surface area contributed by atoms with E-state index in [1.54, 1.807) is 0 Å². The first-order valence-electron chi connectivity index (χ1n) is 5.96. The van der Waals surface area contributed by atoms with E-state index in [2.05, 4.69) is 5.32 Å². The Morgan fingerprint density at radius 2 is 1.89 bits per heavy atom. The lowest BCUT2D eigenvalue weighted by atomic mass is 9.96. The van der Waals surface area contributed by atoms with Crippen molar-refractivity contribution in [2.24, 2.45) is 5.92 Å². The first kappa shape index (κ1) is 15.3. The molecule has 1 aliphatic heterocycles. The topological polar surface area (TPSA) is 119 Å². The fourth-order valence-electron chi connectivity index (χ4n) is 1.87. The summed E-state index contributed by atoms with van der Waals surface area (Å²) in [7, 11) is 0. The van der Waals surface area contributed by atoms with Crippen LogP contribution in [0.15, 0.2) is 0 Å². The van der Waals surface area contributed by atoms with Crippen molar-refractivity contribution in [1.82, 2.24) is 5.32 Å².